The zero-order chi connectivity index (χ0) is 13.8. The Balaban J connectivity index is 2.83. The largest absolute Gasteiger partial charge is 0.479 e. The van der Waals surface area contributed by atoms with E-state index >= 15 is 0 Å². The van der Waals surface area contributed by atoms with Gasteiger partial charge in [0, 0.05) is 6.26 Å². The summed E-state index contributed by atoms with van der Waals surface area (Å²) < 4.78 is 32.8. The fraction of sp³-hybridized carbons (Fsp3) is 0.417. The third-order valence-electron chi connectivity index (χ3n) is 2.17. The van der Waals surface area contributed by atoms with E-state index in [0.29, 0.717) is 5.75 Å². The quantitative estimate of drug-likeness (QED) is 0.758. The van der Waals surface area contributed by atoms with Crippen LogP contribution in [0.1, 0.15) is 13.8 Å². The minimum atomic E-state index is -3.29. The Morgan fingerprint density at radius 1 is 1.39 bits per heavy atom. The number of hydrogen-bond donors (Lipinski definition) is 0. The summed E-state index contributed by atoms with van der Waals surface area (Å²) in [5.41, 5.74) is 0. The summed E-state index contributed by atoms with van der Waals surface area (Å²) in [6.45, 7) is 3.52. The summed E-state index contributed by atoms with van der Waals surface area (Å²) >= 11 is 0. The van der Waals surface area contributed by atoms with Crippen molar-refractivity contribution in [2.45, 2.75) is 24.8 Å². The van der Waals surface area contributed by atoms with Crippen molar-refractivity contribution in [3.8, 4) is 5.75 Å². The first-order valence-electron chi connectivity index (χ1n) is 5.48. The minimum absolute atomic E-state index is 0.149. The van der Waals surface area contributed by atoms with Gasteiger partial charge in [-0.05, 0) is 32.0 Å². The number of hydrogen-bond acceptors (Lipinski definition) is 5. The normalized spacial score (nSPS) is 12.8. The van der Waals surface area contributed by atoms with Crippen LogP contribution in [-0.4, -0.2) is 33.4 Å². The SMILES string of the molecule is CCOC(=O)C(C)Oc1cccc(S(C)(=O)=O)c1. The fourth-order valence-corrected chi connectivity index (χ4v) is 1.95. The summed E-state index contributed by atoms with van der Waals surface area (Å²) in [6.07, 6.45) is 0.334. The predicted octanol–water partition coefficient (Wildman–Crippen LogP) is 1.42. The average Bonchev–Trinajstić information content (AvgIpc) is 2.28. The highest BCUT2D eigenvalue weighted by Gasteiger charge is 2.16. The number of benzene rings is 1. The molecule has 0 saturated carbocycles. The molecule has 1 rings (SSSR count). The number of esters is 1. The smallest absolute Gasteiger partial charge is 0.347 e. The molecule has 0 heterocycles. The Morgan fingerprint density at radius 3 is 2.61 bits per heavy atom. The first kappa shape index (κ1) is 14.5. The number of sulfone groups is 1. The van der Waals surface area contributed by atoms with Crippen LogP contribution >= 0.6 is 0 Å². The average molecular weight is 272 g/mol. The van der Waals surface area contributed by atoms with Crippen molar-refractivity contribution in [3.05, 3.63) is 24.3 Å². The van der Waals surface area contributed by atoms with Crippen molar-refractivity contribution >= 4 is 15.8 Å². The molecule has 5 nitrogen and oxygen atoms in total. The molecule has 0 spiro atoms. The van der Waals surface area contributed by atoms with E-state index in [1.54, 1.807) is 26.0 Å². The van der Waals surface area contributed by atoms with Crippen LogP contribution in [0.5, 0.6) is 5.75 Å². The molecule has 1 aromatic carbocycles. The summed E-state index contributed by atoms with van der Waals surface area (Å²) in [5, 5.41) is 0. The minimum Gasteiger partial charge on any atom is -0.479 e. The van der Waals surface area contributed by atoms with Gasteiger partial charge in [0.2, 0.25) is 0 Å². The van der Waals surface area contributed by atoms with Gasteiger partial charge >= 0.3 is 5.97 Å². The van der Waals surface area contributed by atoms with Crippen LogP contribution in [0.25, 0.3) is 0 Å². The van der Waals surface area contributed by atoms with Gasteiger partial charge in [0.1, 0.15) is 5.75 Å². The lowest BCUT2D eigenvalue weighted by molar-refractivity contribution is -0.150. The van der Waals surface area contributed by atoms with Gasteiger partial charge in [-0.15, -0.1) is 0 Å². The van der Waals surface area contributed by atoms with Crippen LogP contribution in [0.3, 0.4) is 0 Å². The van der Waals surface area contributed by atoms with Gasteiger partial charge < -0.3 is 9.47 Å². The maximum absolute atomic E-state index is 11.4. The fourth-order valence-electron chi connectivity index (χ4n) is 1.29. The summed E-state index contributed by atoms with van der Waals surface area (Å²) in [5.74, 6) is -0.166. The van der Waals surface area contributed by atoms with Gasteiger partial charge in [-0.25, -0.2) is 13.2 Å². The lowest BCUT2D eigenvalue weighted by Gasteiger charge is -2.13. The van der Waals surface area contributed by atoms with Crippen molar-refractivity contribution in [3.63, 3.8) is 0 Å². The first-order chi connectivity index (χ1) is 8.34. The number of carbonyl (C=O) groups is 1. The van der Waals surface area contributed by atoms with Crippen LogP contribution in [0.15, 0.2) is 29.2 Å². The molecule has 0 amide bonds. The second kappa shape index (κ2) is 5.86. The highest BCUT2D eigenvalue weighted by molar-refractivity contribution is 7.90. The summed E-state index contributed by atoms with van der Waals surface area (Å²) in [4.78, 5) is 11.5. The van der Waals surface area contributed by atoms with E-state index in [-0.39, 0.29) is 11.5 Å². The van der Waals surface area contributed by atoms with Crippen LogP contribution in [0.2, 0.25) is 0 Å². The molecule has 0 radical (unpaired) electrons. The molecule has 6 heteroatoms. The molecule has 0 N–H and O–H groups in total. The lowest BCUT2D eigenvalue weighted by Crippen LogP contribution is -2.26. The third-order valence-corrected chi connectivity index (χ3v) is 3.28. The van der Waals surface area contributed by atoms with Crippen molar-refractivity contribution in [1.29, 1.82) is 0 Å². The van der Waals surface area contributed by atoms with E-state index in [1.807, 2.05) is 0 Å². The van der Waals surface area contributed by atoms with Gasteiger partial charge in [-0.2, -0.15) is 0 Å². The highest BCUT2D eigenvalue weighted by atomic mass is 32.2. The second-order valence-corrected chi connectivity index (χ2v) is 5.77. The second-order valence-electron chi connectivity index (χ2n) is 3.76. The lowest BCUT2D eigenvalue weighted by atomic mass is 10.3. The van der Waals surface area contributed by atoms with Gasteiger partial charge in [-0.1, -0.05) is 6.07 Å². The number of carbonyl (C=O) groups excluding carboxylic acids is 1. The number of rotatable bonds is 5. The molecule has 18 heavy (non-hydrogen) atoms. The van der Waals surface area contributed by atoms with E-state index in [4.69, 9.17) is 9.47 Å². The molecular weight excluding hydrogens is 256 g/mol. The topological polar surface area (TPSA) is 69.7 Å². The van der Waals surface area contributed by atoms with Gasteiger partial charge in [-0.3, -0.25) is 0 Å². The molecule has 0 saturated heterocycles. The molecule has 1 aromatic rings. The molecule has 0 bridgehead atoms. The molecule has 0 aliphatic heterocycles. The molecule has 1 atom stereocenters. The maximum atomic E-state index is 11.4. The monoisotopic (exact) mass is 272 g/mol. The summed E-state index contributed by atoms with van der Waals surface area (Å²) in [7, 11) is -3.29. The van der Waals surface area contributed by atoms with Crippen LogP contribution in [0, 0.1) is 0 Å². The zero-order valence-corrected chi connectivity index (χ0v) is 11.4. The Hall–Kier alpha value is -1.56. The van der Waals surface area contributed by atoms with E-state index < -0.39 is 21.9 Å². The molecule has 1 unspecified atom stereocenters. The molecule has 0 aliphatic carbocycles. The van der Waals surface area contributed by atoms with Gasteiger partial charge in [0.15, 0.2) is 15.9 Å². The van der Waals surface area contributed by atoms with Crippen molar-refractivity contribution in [2.75, 3.05) is 12.9 Å². The molecule has 100 valence electrons. The molecule has 0 aromatic heterocycles. The Morgan fingerprint density at radius 2 is 2.06 bits per heavy atom. The summed E-state index contributed by atoms with van der Waals surface area (Å²) in [6, 6.07) is 6.00. The van der Waals surface area contributed by atoms with E-state index in [0.717, 1.165) is 6.26 Å². The van der Waals surface area contributed by atoms with Crippen LogP contribution in [0.4, 0.5) is 0 Å². The zero-order valence-electron chi connectivity index (χ0n) is 10.5. The van der Waals surface area contributed by atoms with Crippen molar-refractivity contribution in [1.82, 2.24) is 0 Å². The van der Waals surface area contributed by atoms with Gasteiger partial charge in [0.05, 0.1) is 11.5 Å². The predicted molar refractivity (Wildman–Crippen MR) is 66.3 cm³/mol. The third kappa shape index (κ3) is 4.03. The van der Waals surface area contributed by atoms with E-state index in [2.05, 4.69) is 0 Å². The maximum Gasteiger partial charge on any atom is 0.347 e. The van der Waals surface area contributed by atoms with Crippen molar-refractivity contribution < 1.29 is 22.7 Å². The van der Waals surface area contributed by atoms with E-state index in [9.17, 15) is 13.2 Å². The number of ether oxygens (including phenoxy) is 2. The van der Waals surface area contributed by atoms with Crippen molar-refractivity contribution in [2.24, 2.45) is 0 Å². The highest BCUT2D eigenvalue weighted by Crippen LogP contribution is 2.18. The Kier molecular flexibility index (Phi) is 4.72. The van der Waals surface area contributed by atoms with Crippen LogP contribution < -0.4 is 4.74 Å². The molecule has 0 fully saturated rings. The first-order valence-corrected chi connectivity index (χ1v) is 7.37. The van der Waals surface area contributed by atoms with Crippen LogP contribution in [-0.2, 0) is 19.4 Å². The molecule has 0 aliphatic rings. The van der Waals surface area contributed by atoms with E-state index in [1.165, 1.54) is 12.1 Å². The Labute approximate surface area is 107 Å². The van der Waals surface area contributed by atoms with Gasteiger partial charge in [0.25, 0.3) is 0 Å². The molecular formula is C12H16O5S. The Bertz CT molecular complexity index is 521. The standard InChI is InChI=1S/C12H16O5S/c1-4-16-12(13)9(2)17-10-6-5-7-11(8-10)18(3,14)15/h5-9H,4H2,1-3H3.